The van der Waals surface area contributed by atoms with E-state index < -0.39 is 0 Å². The first-order valence-electron chi connectivity index (χ1n) is 6.73. The van der Waals surface area contributed by atoms with E-state index in [-0.39, 0.29) is 24.7 Å². The van der Waals surface area contributed by atoms with Gasteiger partial charge in [-0.2, -0.15) is 0 Å². The molecule has 0 aliphatic heterocycles. The summed E-state index contributed by atoms with van der Waals surface area (Å²) in [5, 5.41) is 12.1. The largest absolute Gasteiger partial charge is 0.494 e. The van der Waals surface area contributed by atoms with Crippen molar-refractivity contribution in [1.82, 2.24) is 5.32 Å². The smallest absolute Gasteiger partial charge is 0.322 e. The van der Waals surface area contributed by atoms with Crippen molar-refractivity contribution in [3.8, 4) is 5.75 Å². The van der Waals surface area contributed by atoms with Gasteiger partial charge in [-0.25, -0.2) is 0 Å². The molecule has 1 unspecified atom stereocenters. The topological polar surface area (TPSA) is 67.8 Å². The molecule has 0 saturated heterocycles. The summed E-state index contributed by atoms with van der Waals surface area (Å²) in [6.45, 7) is 4.38. The Balaban J connectivity index is 2.44. The molecule has 0 aliphatic rings. The van der Waals surface area contributed by atoms with Crippen LogP contribution in [0.25, 0.3) is 0 Å². The first kappa shape index (κ1) is 16.5. The number of esters is 1. The lowest BCUT2D eigenvalue weighted by molar-refractivity contribution is -0.143. The number of nitrogens with one attached hydrogen (secondary N) is 1. The standard InChI is InChI=1S/C15H23NO4/c1-11(2)16-14(15(18)19-3)8-9-20-13-6-4-12(10-17)5-7-13/h4-7,11,14,16-17H,8-10H2,1-3H3. The van der Waals surface area contributed by atoms with E-state index in [0.717, 1.165) is 11.3 Å². The summed E-state index contributed by atoms with van der Waals surface area (Å²) >= 11 is 0. The van der Waals surface area contributed by atoms with Gasteiger partial charge in [-0.05, 0) is 17.7 Å². The number of aliphatic hydroxyl groups excluding tert-OH is 1. The number of hydrogen-bond acceptors (Lipinski definition) is 5. The van der Waals surface area contributed by atoms with Gasteiger partial charge in [-0.3, -0.25) is 4.79 Å². The van der Waals surface area contributed by atoms with E-state index in [1.165, 1.54) is 7.11 Å². The normalized spacial score (nSPS) is 12.2. The predicted octanol–water partition coefficient (Wildman–Crippen LogP) is 1.49. The minimum Gasteiger partial charge on any atom is -0.494 e. The number of ether oxygens (including phenoxy) is 2. The van der Waals surface area contributed by atoms with Crippen molar-refractivity contribution < 1.29 is 19.4 Å². The SMILES string of the molecule is COC(=O)C(CCOc1ccc(CO)cc1)NC(C)C. The van der Waals surface area contributed by atoms with Gasteiger partial charge in [0.25, 0.3) is 0 Å². The molecule has 2 N–H and O–H groups in total. The number of hydrogen-bond donors (Lipinski definition) is 2. The monoisotopic (exact) mass is 281 g/mol. The molecule has 5 nitrogen and oxygen atoms in total. The van der Waals surface area contributed by atoms with Crippen LogP contribution in [0.2, 0.25) is 0 Å². The molecule has 112 valence electrons. The van der Waals surface area contributed by atoms with Crippen LogP contribution in [0.1, 0.15) is 25.8 Å². The molecule has 0 aromatic heterocycles. The van der Waals surface area contributed by atoms with E-state index in [2.05, 4.69) is 5.32 Å². The van der Waals surface area contributed by atoms with E-state index >= 15 is 0 Å². The number of benzene rings is 1. The Kier molecular flexibility index (Phi) is 7.04. The fourth-order valence-corrected chi connectivity index (χ4v) is 1.80. The van der Waals surface area contributed by atoms with Crippen molar-refractivity contribution >= 4 is 5.97 Å². The third kappa shape index (κ3) is 5.59. The lowest BCUT2D eigenvalue weighted by atomic mass is 10.2. The van der Waals surface area contributed by atoms with E-state index in [4.69, 9.17) is 14.6 Å². The van der Waals surface area contributed by atoms with Gasteiger partial charge in [0.15, 0.2) is 0 Å². The Hall–Kier alpha value is -1.59. The first-order chi connectivity index (χ1) is 9.56. The van der Waals surface area contributed by atoms with Crippen LogP contribution in [-0.4, -0.2) is 36.9 Å². The fraction of sp³-hybridized carbons (Fsp3) is 0.533. The third-order valence-electron chi connectivity index (χ3n) is 2.80. The number of rotatable bonds is 8. The zero-order valence-electron chi connectivity index (χ0n) is 12.3. The van der Waals surface area contributed by atoms with Gasteiger partial charge in [-0.15, -0.1) is 0 Å². The molecule has 0 bridgehead atoms. The second kappa shape index (κ2) is 8.55. The molecular formula is C15H23NO4. The van der Waals surface area contributed by atoms with E-state index in [0.29, 0.717) is 13.0 Å². The lowest BCUT2D eigenvalue weighted by Crippen LogP contribution is -2.42. The van der Waals surface area contributed by atoms with Crippen LogP contribution in [0, 0.1) is 0 Å². The summed E-state index contributed by atoms with van der Waals surface area (Å²) < 4.78 is 10.3. The quantitative estimate of drug-likeness (QED) is 0.707. The van der Waals surface area contributed by atoms with E-state index in [1.54, 1.807) is 24.3 Å². The summed E-state index contributed by atoms with van der Waals surface area (Å²) in [4.78, 5) is 11.6. The Bertz CT molecular complexity index is 403. The number of methoxy groups -OCH3 is 1. The highest BCUT2D eigenvalue weighted by molar-refractivity contribution is 5.75. The van der Waals surface area contributed by atoms with E-state index in [9.17, 15) is 4.79 Å². The molecular weight excluding hydrogens is 258 g/mol. The molecule has 1 aromatic rings. The number of aliphatic hydroxyl groups is 1. The molecule has 5 heteroatoms. The summed E-state index contributed by atoms with van der Waals surface area (Å²) in [5.74, 6) is 0.438. The van der Waals surface area contributed by atoms with E-state index in [1.807, 2.05) is 13.8 Å². The lowest BCUT2D eigenvalue weighted by Gasteiger charge is -2.19. The van der Waals surface area contributed by atoms with Gasteiger partial charge in [0.1, 0.15) is 11.8 Å². The zero-order valence-corrected chi connectivity index (χ0v) is 12.3. The van der Waals surface area contributed by atoms with Gasteiger partial charge in [0, 0.05) is 12.5 Å². The van der Waals surface area contributed by atoms with Gasteiger partial charge in [0.05, 0.1) is 20.3 Å². The van der Waals surface area contributed by atoms with Gasteiger partial charge >= 0.3 is 5.97 Å². The van der Waals surface area contributed by atoms with Crippen LogP contribution in [0.15, 0.2) is 24.3 Å². The first-order valence-corrected chi connectivity index (χ1v) is 6.73. The predicted molar refractivity (Wildman–Crippen MR) is 76.6 cm³/mol. The van der Waals surface area contributed by atoms with Crippen molar-refractivity contribution in [2.45, 2.75) is 39.0 Å². The molecule has 1 atom stereocenters. The van der Waals surface area contributed by atoms with Gasteiger partial charge in [-0.1, -0.05) is 26.0 Å². The van der Waals surface area contributed by atoms with Crippen LogP contribution in [-0.2, 0) is 16.1 Å². The van der Waals surface area contributed by atoms with Crippen molar-refractivity contribution in [3.63, 3.8) is 0 Å². The Morgan fingerprint density at radius 3 is 2.45 bits per heavy atom. The molecule has 0 heterocycles. The number of carbonyl (C=O) groups is 1. The molecule has 20 heavy (non-hydrogen) atoms. The van der Waals surface area contributed by atoms with Crippen LogP contribution in [0.3, 0.4) is 0 Å². The minimum absolute atomic E-state index is 0.0169. The Labute approximate surface area is 119 Å². The highest BCUT2D eigenvalue weighted by Crippen LogP contribution is 2.12. The second-order valence-corrected chi connectivity index (χ2v) is 4.84. The van der Waals surface area contributed by atoms with Crippen molar-refractivity contribution in [2.24, 2.45) is 0 Å². The van der Waals surface area contributed by atoms with Crippen LogP contribution in [0.5, 0.6) is 5.75 Å². The maximum atomic E-state index is 11.6. The molecule has 0 fully saturated rings. The molecule has 0 amide bonds. The maximum Gasteiger partial charge on any atom is 0.322 e. The minimum atomic E-state index is -0.364. The van der Waals surface area contributed by atoms with Crippen molar-refractivity contribution in [2.75, 3.05) is 13.7 Å². The second-order valence-electron chi connectivity index (χ2n) is 4.84. The summed E-state index contributed by atoms with van der Waals surface area (Å²) in [6.07, 6.45) is 0.534. The van der Waals surface area contributed by atoms with Crippen LogP contribution >= 0.6 is 0 Å². The average Bonchev–Trinajstić information content (AvgIpc) is 2.45. The molecule has 0 aliphatic carbocycles. The third-order valence-corrected chi connectivity index (χ3v) is 2.80. The number of carbonyl (C=O) groups excluding carboxylic acids is 1. The molecule has 0 radical (unpaired) electrons. The molecule has 1 aromatic carbocycles. The summed E-state index contributed by atoms with van der Waals surface area (Å²) in [5.41, 5.74) is 0.839. The molecule has 0 saturated carbocycles. The summed E-state index contributed by atoms with van der Waals surface area (Å²) in [6, 6.07) is 7.04. The van der Waals surface area contributed by atoms with Crippen LogP contribution in [0.4, 0.5) is 0 Å². The Morgan fingerprint density at radius 2 is 1.95 bits per heavy atom. The van der Waals surface area contributed by atoms with Gasteiger partial charge < -0.3 is 19.9 Å². The highest BCUT2D eigenvalue weighted by Gasteiger charge is 2.19. The maximum absolute atomic E-state index is 11.6. The van der Waals surface area contributed by atoms with Crippen molar-refractivity contribution in [3.05, 3.63) is 29.8 Å². The molecule has 0 spiro atoms. The average molecular weight is 281 g/mol. The highest BCUT2D eigenvalue weighted by atomic mass is 16.5. The molecule has 1 rings (SSSR count). The van der Waals surface area contributed by atoms with Gasteiger partial charge in [0.2, 0.25) is 0 Å². The Morgan fingerprint density at radius 1 is 1.30 bits per heavy atom. The van der Waals surface area contributed by atoms with Crippen molar-refractivity contribution in [1.29, 1.82) is 0 Å². The summed E-state index contributed by atoms with van der Waals surface area (Å²) in [7, 11) is 1.38. The van der Waals surface area contributed by atoms with Crippen LogP contribution < -0.4 is 10.1 Å². The fourth-order valence-electron chi connectivity index (χ4n) is 1.80. The zero-order chi connectivity index (χ0) is 15.0.